The molecule has 0 atom stereocenters. The highest BCUT2D eigenvalue weighted by atomic mass is 32.2. The molecule has 114 valence electrons. The van der Waals surface area contributed by atoms with Gasteiger partial charge in [-0.3, -0.25) is 0 Å². The largest absolute Gasteiger partial charge is 0.339 e. The van der Waals surface area contributed by atoms with E-state index >= 15 is 0 Å². The van der Waals surface area contributed by atoms with E-state index in [-0.39, 0.29) is 0 Å². The predicted octanol–water partition coefficient (Wildman–Crippen LogP) is 2.67. The van der Waals surface area contributed by atoms with Crippen LogP contribution in [0.25, 0.3) is 11.4 Å². The second kappa shape index (κ2) is 5.86. The molecule has 3 heterocycles. The van der Waals surface area contributed by atoms with Gasteiger partial charge in [0, 0.05) is 31.0 Å². The standard InChI is InChI=1S/C13H17N3O3S2/c1-10-14-13(15-19-10)11-8-12(20-9-11)21(17,18)16-6-4-2-3-5-7-16/h8-9H,2-7H2,1H3. The molecule has 1 aliphatic heterocycles. The third-order valence-corrected chi connectivity index (χ3v) is 6.83. The van der Waals surface area contributed by atoms with Crippen molar-refractivity contribution >= 4 is 21.4 Å². The smallest absolute Gasteiger partial charge is 0.252 e. The first-order valence-electron chi connectivity index (χ1n) is 6.97. The summed E-state index contributed by atoms with van der Waals surface area (Å²) in [5.74, 6) is 0.897. The number of thiophene rings is 1. The lowest BCUT2D eigenvalue weighted by atomic mass is 10.2. The van der Waals surface area contributed by atoms with E-state index < -0.39 is 10.0 Å². The topological polar surface area (TPSA) is 76.3 Å². The molecule has 1 aliphatic rings. The second-order valence-electron chi connectivity index (χ2n) is 5.11. The lowest BCUT2D eigenvalue weighted by molar-refractivity contribution is 0.394. The van der Waals surface area contributed by atoms with E-state index in [0.29, 0.717) is 34.6 Å². The van der Waals surface area contributed by atoms with Crippen LogP contribution in [0, 0.1) is 6.92 Å². The molecule has 3 rings (SSSR count). The lowest BCUT2D eigenvalue weighted by Gasteiger charge is -2.18. The van der Waals surface area contributed by atoms with Crippen molar-refractivity contribution in [2.24, 2.45) is 0 Å². The molecule has 6 nitrogen and oxygen atoms in total. The molecular formula is C13H17N3O3S2. The Morgan fingerprint density at radius 2 is 1.95 bits per heavy atom. The second-order valence-corrected chi connectivity index (χ2v) is 8.19. The van der Waals surface area contributed by atoms with Crippen molar-refractivity contribution in [3.63, 3.8) is 0 Å². The maximum atomic E-state index is 12.7. The lowest BCUT2D eigenvalue weighted by Crippen LogP contribution is -2.31. The zero-order valence-corrected chi connectivity index (χ0v) is 13.4. The van der Waals surface area contributed by atoms with Gasteiger partial charge in [-0.15, -0.1) is 11.3 Å². The molecule has 21 heavy (non-hydrogen) atoms. The van der Waals surface area contributed by atoms with Crippen molar-refractivity contribution in [1.82, 2.24) is 14.4 Å². The molecule has 2 aromatic rings. The van der Waals surface area contributed by atoms with Gasteiger partial charge in [0.15, 0.2) is 0 Å². The highest BCUT2D eigenvalue weighted by molar-refractivity contribution is 7.91. The molecule has 2 aromatic heterocycles. The summed E-state index contributed by atoms with van der Waals surface area (Å²) in [5.41, 5.74) is 0.685. The highest BCUT2D eigenvalue weighted by Gasteiger charge is 2.27. The Balaban J connectivity index is 1.87. The van der Waals surface area contributed by atoms with Gasteiger partial charge in [-0.25, -0.2) is 8.42 Å². The van der Waals surface area contributed by atoms with Gasteiger partial charge >= 0.3 is 0 Å². The Bertz CT molecular complexity index is 713. The molecule has 1 saturated heterocycles. The van der Waals surface area contributed by atoms with E-state index in [1.807, 2.05) is 0 Å². The van der Waals surface area contributed by atoms with Crippen molar-refractivity contribution in [2.75, 3.05) is 13.1 Å². The van der Waals surface area contributed by atoms with Crippen LogP contribution in [0.15, 0.2) is 20.2 Å². The minimum absolute atomic E-state index is 0.349. The molecule has 0 radical (unpaired) electrons. The number of hydrogen-bond donors (Lipinski definition) is 0. The van der Waals surface area contributed by atoms with E-state index in [2.05, 4.69) is 10.1 Å². The third kappa shape index (κ3) is 3.02. The van der Waals surface area contributed by atoms with Gasteiger partial charge in [0.05, 0.1) is 0 Å². The molecule has 0 bridgehead atoms. The van der Waals surface area contributed by atoms with E-state index in [1.54, 1.807) is 22.7 Å². The molecule has 0 unspecified atom stereocenters. The summed E-state index contributed by atoms with van der Waals surface area (Å²) >= 11 is 1.21. The van der Waals surface area contributed by atoms with E-state index in [9.17, 15) is 8.42 Å². The summed E-state index contributed by atoms with van der Waals surface area (Å²) in [5, 5.41) is 5.58. The minimum atomic E-state index is -3.40. The minimum Gasteiger partial charge on any atom is -0.339 e. The Kier molecular flexibility index (Phi) is 4.10. The van der Waals surface area contributed by atoms with Crippen LogP contribution in [-0.2, 0) is 10.0 Å². The van der Waals surface area contributed by atoms with Gasteiger partial charge in [0.25, 0.3) is 10.0 Å². The fraction of sp³-hybridized carbons (Fsp3) is 0.538. The molecule has 1 fully saturated rings. The number of sulfonamides is 1. The number of rotatable bonds is 3. The Hall–Kier alpha value is -1.25. The van der Waals surface area contributed by atoms with Crippen LogP contribution in [0.2, 0.25) is 0 Å². The average molecular weight is 327 g/mol. The third-order valence-electron chi connectivity index (χ3n) is 3.52. The molecule has 0 aliphatic carbocycles. The van der Waals surface area contributed by atoms with E-state index in [0.717, 1.165) is 25.7 Å². The Labute approximate surface area is 127 Å². The van der Waals surface area contributed by atoms with Crippen LogP contribution in [0.1, 0.15) is 31.6 Å². The Morgan fingerprint density at radius 1 is 1.24 bits per heavy atom. The molecule has 0 aromatic carbocycles. The van der Waals surface area contributed by atoms with Crippen LogP contribution in [0.5, 0.6) is 0 Å². The number of hydrogen-bond acceptors (Lipinski definition) is 6. The van der Waals surface area contributed by atoms with Crippen LogP contribution < -0.4 is 0 Å². The van der Waals surface area contributed by atoms with Crippen molar-refractivity contribution in [2.45, 2.75) is 36.8 Å². The summed E-state index contributed by atoms with van der Waals surface area (Å²) in [7, 11) is -3.40. The van der Waals surface area contributed by atoms with Crippen molar-refractivity contribution in [3.05, 3.63) is 17.3 Å². The molecule has 8 heteroatoms. The number of aryl methyl sites for hydroxylation is 1. The van der Waals surface area contributed by atoms with Gasteiger partial charge in [-0.2, -0.15) is 9.29 Å². The molecule has 0 amide bonds. The van der Waals surface area contributed by atoms with Crippen LogP contribution in [0.4, 0.5) is 0 Å². The van der Waals surface area contributed by atoms with Crippen LogP contribution >= 0.6 is 11.3 Å². The summed E-state index contributed by atoms with van der Waals surface area (Å²) in [6.45, 7) is 2.92. The fourth-order valence-corrected chi connectivity index (χ4v) is 5.22. The van der Waals surface area contributed by atoms with Crippen LogP contribution in [-0.4, -0.2) is 36.0 Å². The average Bonchev–Trinajstić information content (AvgIpc) is 3.01. The number of nitrogens with zero attached hydrogens (tertiary/aromatic N) is 3. The monoisotopic (exact) mass is 327 g/mol. The Morgan fingerprint density at radius 3 is 2.57 bits per heavy atom. The normalized spacial score (nSPS) is 17.8. The van der Waals surface area contributed by atoms with E-state index in [4.69, 9.17) is 4.52 Å². The van der Waals surface area contributed by atoms with Gasteiger partial charge in [-0.1, -0.05) is 18.0 Å². The molecule has 0 saturated carbocycles. The zero-order valence-electron chi connectivity index (χ0n) is 11.8. The SMILES string of the molecule is Cc1nc(-c2csc(S(=O)(=O)N3CCCCCC3)c2)no1. The highest BCUT2D eigenvalue weighted by Crippen LogP contribution is 2.30. The summed E-state index contributed by atoms with van der Waals surface area (Å²) < 4.78 is 32.2. The van der Waals surface area contributed by atoms with Gasteiger partial charge in [0.2, 0.25) is 11.7 Å². The van der Waals surface area contributed by atoms with E-state index in [1.165, 1.54) is 11.3 Å². The number of aromatic nitrogens is 2. The maximum absolute atomic E-state index is 12.7. The summed E-state index contributed by atoms with van der Waals surface area (Å²) in [6.07, 6.45) is 4.07. The summed E-state index contributed by atoms with van der Waals surface area (Å²) in [6, 6.07) is 1.63. The fourth-order valence-electron chi connectivity index (χ4n) is 2.39. The van der Waals surface area contributed by atoms with Crippen LogP contribution in [0.3, 0.4) is 0 Å². The molecular weight excluding hydrogens is 310 g/mol. The first-order valence-corrected chi connectivity index (χ1v) is 9.29. The van der Waals surface area contributed by atoms with Crippen molar-refractivity contribution in [3.8, 4) is 11.4 Å². The van der Waals surface area contributed by atoms with Gasteiger partial charge in [-0.05, 0) is 18.9 Å². The molecule has 0 spiro atoms. The first kappa shape index (κ1) is 14.7. The van der Waals surface area contributed by atoms with Gasteiger partial charge < -0.3 is 4.52 Å². The quantitative estimate of drug-likeness (QED) is 0.866. The maximum Gasteiger partial charge on any atom is 0.252 e. The molecule has 0 N–H and O–H groups in total. The predicted molar refractivity (Wildman–Crippen MR) is 79.6 cm³/mol. The summed E-state index contributed by atoms with van der Waals surface area (Å²) in [4.78, 5) is 4.12. The van der Waals surface area contributed by atoms with Crippen molar-refractivity contribution in [1.29, 1.82) is 0 Å². The zero-order chi connectivity index (χ0) is 14.9. The first-order chi connectivity index (χ1) is 10.1. The van der Waals surface area contributed by atoms with Crippen molar-refractivity contribution < 1.29 is 12.9 Å². The van der Waals surface area contributed by atoms with Gasteiger partial charge in [0.1, 0.15) is 4.21 Å².